The van der Waals surface area contributed by atoms with Crippen LogP contribution in [0.5, 0.6) is 0 Å². The second-order valence-electron chi connectivity index (χ2n) is 5.96. The molecule has 21 heavy (non-hydrogen) atoms. The molecule has 0 aromatic heterocycles. The summed E-state index contributed by atoms with van der Waals surface area (Å²) >= 11 is 6.27. The Labute approximate surface area is 132 Å². The van der Waals surface area contributed by atoms with E-state index >= 15 is 0 Å². The first-order chi connectivity index (χ1) is 10.2. The minimum Gasteiger partial charge on any atom is -0.313 e. The molecule has 1 nitrogen and oxygen atoms in total. The minimum atomic E-state index is 0.308. The molecule has 0 saturated carbocycles. The van der Waals surface area contributed by atoms with Crippen LogP contribution < -0.4 is 5.32 Å². The smallest absolute Gasteiger partial charge is 0.0438 e. The number of nitrogens with one attached hydrogen (secondary N) is 1. The standard InChI is InChI=1S/C19H22ClN/c1-13-17(7-4-8-18(13)20)19(21-2)12-14-9-10-15-5-3-6-16(15)11-14/h4,7-11,19,21H,3,5-6,12H2,1-2H3. The predicted octanol–water partition coefficient (Wildman–Crippen LogP) is 4.64. The third kappa shape index (κ3) is 3.00. The first kappa shape index (κ1) is 14.6. The molecule has 0 amide bonds. The SMILES string of the molecule is CNC(Cc1ccc2c(c1)CCC2)c1cccc(Cl)c1C. The van der Waals surface area contributed by atoms with Crippen molar-refractivity contribution < 1.29 is 0 Å². The van der Waals surface area contributed by atoms with Gasteiger partial charge in [0.2, 0.25) is 0 Å². The van der Waals surface area contributed by atoms with Crippen LogP contribution in [-0.2, 0) is 19.3 Å². The monoisotopic (exact) mass is 299 g/mol. The fourth-order valence-corrected chi connectivity index (χ4v) is 3.54. The fraction of sp³-hybridized carbons (Fsp3) is 0.368. The van der Waals surface area contributed by atoms with Gasteiger partial charge in [-0.3, -0.25) is 0 Å². The van der Waals surface area contributed by atoms with Crippen molar-refractivity contribution in [2.75, 3.05) is 7.05 Å². The molecule has 0 saturated heterocycles. The molecule has 2 heteroatoms. The summed E-state index contributed by atoms with van der Waals surface area (Å²) in [4.78, 5) is 0. The Morgan fingerprint density at radius 1 is 1.14 bits per heavy atom. The quantitative estimate of drug-likeness (QED) is 0.867. The van der Waals surface area contributed by atoms with Gasteiger partial charge in [0.1, 0.15) is 0 Å². The van der Waals surface area contributed by atoms with Crippen molar-refractivity contribution >= 4 is 11.6 Å². The van der Waals surface area contributed by atoms with Gasteiger partial charge in [0.15, 0.2) is 0 Å². The maximum atomic E-state index is 6.27. The highest BCUT2D eigenvalue weighted by Crippen LogP contribution is 2.28. The minimum absolute atomic E-state index is 0.308. The van der Waals surface area contributed by atoms with Crippen molar-refractivity contribution in [2.45, 2.75) is 38.6 Å². The molecule has 3 rings (SSSR count). The normalized spacial score (nSPS) is 15.0. The van der Waals surface area contributed by atoms with Gasteiger partial charge in [0.25, 0.3) is 0 Å². The highest BCUT2D eigenvalue weighted by molar-refractivity contribution is 6.31. The molecule has 1 atom stereocenters. The number of benzene rings is 2. The van der Waals surface area contributed by atoms with Crippen molar-refractivity contribution in [3.8, 4) is 0 Å². The van der Waals surface area contributed by atoms with Crippen LogP contribution in [0.4, 0.5) is 0 Å². The molecule has 1 aliphatic rings. The van der Waals surface area contributed by atoms with Gasteiger partial charge >= 0.3 is 0 Å². The van der Waals surface area contributed by atoms with Gasteiger partial charge in [-0.1, -0.05) is 41.9 Å². The summed E-state index contributed by atoms with van der Waals surface area (Å²) in [5, 5.41) is 4.29. The molecular formula is C19H22ClN. The van der Waals surface area contributed by atoms with E-state index in [1.807, 2.05) is 19.2 Å². The number of rotatable bonds is 4. The molecule has 1 unspecified atom stereocenters. The zero-order valence-electron chi connectivity index (χ0n) is 12.7. The lowest BCUT2D eigenvalue weighted by Gasteiger charge is -2.20. The van der Waals surface area contributed by atoms with Crippen LogP contribution in [0.1, 0.15) is 40.3 Å². The van der Waals surface area contributed by atoms with Gasteiger partial charge in [-0.2, -0.15) is 0 Å². The van der Waals surface area contributed by atoms with Crippen LogP contribution in [0.25, 0.3) is 0 Å². The highest BCUT2D eigenvalue weighted by atomic mass is 35.5. The molecule has 2 aromatic carbocycles. The lowest BCUT2D eigenvalue weighted by molar-refractivity contribution is 0.589. The largest absolute Gasteiger partial charge is 0.313 e. The van der Waals surface area contributed by atoms with Crippen molar-refractivity contribution in [1.82, 2.24) is 5.32 Å². The maximum Gasteiger partial charge on any atom is 0.0438 e. The summed E-state index contributed by atoms with van der Waals surface area (Å²) in [6.45, 7) is 2.10. The van der Waals surface area contributed by atoms with E-state index in [0.29, 0.717) is 6.04 Å². The summed E-state index contributed by atoms with van der Waals surface area (Å²) in [5.41, 5.74) is 6.98. The van der Waals surface area contributed by atoms with Crippen molar-refractivity contribution in [1.29, 1.82) is 0 Å². The Kier molecular flexibility index (Phi) is 4.32. The van der Waals surface area contributed by atoms with E-state index in [0.717, 1.165) is 11.4 Å². The zero-order chi connectivity index (χ0) is 14.8. The van der Waals surface area contributed by atoms with E-state index in [4.69, 9.17) is 11.6 Å². The Morgan fingerprint density at radius 3 is 2.76 bits per heavy atom. The molecule has 0 radical (unpaired) electrons. The highest BCUT2D eigenvalue weighted by Gasteiger charge is 2.16. The number of hydrogen-bond donors (Lipinski definition) is 1. The van der Waals surface area contributed by atoms with Gasteiger partial charge in [-0.25, -0.2) is 0 Å². The van der Waals surface area contributed by atoms with Crippen LogP contribution in [0.3, 0.4) is 0 Å². The van der Waals surface area contributed by atoms with Crippen molar-refractivity contribution in [3.05, 3.63) is 69.2 Å². The van der Waals surface area contributed by atoms with Crippen LogP contribution in [0.2, 0.25) is 5.02 Å². The zero-order valence-corrected chi connectivity index (χ0v) is 13.5. The lowest BCUT2D eigenvalue weighted by atomic mass is 9.94. The Balaban J connectivity index is 1.86. The van der Waals surface area contributed by atoms with Crippen molar-refractivity contribution in [2.24, 2.45) is 0 Å². The molecule has 2 aromatic rings. The third-order valence-electron chi connectivity index (χ3n) is 4.64. The Bertz CT molecular complexity index is 648. The Hall–Kier alpha value is -1.31. The summed E-state index contributed by atoms with van der Waals surface area (Å²) in [6.07, 6.45) is 4.80. The van der Waals surface area contributed by atoms with Crippen LogP contribution in [0.15, 0.2) is 36.4 Å². The average molecular weight is 300 g/mol. The third-order valence-corrected chi connectivity index (χ3v) is 5.05. The molecule has 0 bridgehead atoms. The van der Waals surface area contributed by atoms with Gasteiger partial charge < -0.3 is 5.32 Å². The molecular weight excluding hydrogens is 278 g/mol. The molecule has 0 aliphatic heterocycles. The van der Waals surface area contributed by atoms with Crippen molar-refractivity contribution in [3.63, 3.8) is 0 Å². The van der Waals surface area contributed by atoms with Gasteiger partial charge in [-0.15, -0.1) is 0 Å². The number of fused-ring (bicyclic) bond motifs is 1. The van der Waals surface area contributed by atoms with E-state index in [-0.39, 0.29) is 0 Å². The van der Waals surface area contributed by atoms with E-state index in [9.17, 15) is 0 Å². The first-order valence-corrected chi connectivity index (χ1v) is 8.10. The van der Waals surface area contributed by atoms with Gasteiger partial charge in [-0.05, 0) is 73.5 Å². The van der Waals surface area contributed by atoms with Gasteiger partial charge in [0, 0.05) is 11.1 Å². The van der Waals surface area contributed by atoms with E-state index < -0.39 is 0 Å². The number of aryl methyl sites for hydroxylation is 2. The fourth-order valence-electron chi connectivity index (χ4n) is 3.36. The average Bonchev–Trinajstić information content (AvgIpc) is 2.95. The summed E-state index contributed by atoms with van der Waals surface area (Å²) < 4.78 is 0. The molecule has 1 aliphatic carbocycles. The predicted molar refractivity (Wildman–Crippen MR) is 90.2 cm³/mol. The molecule has 1 N–H and O–H groups in total. The van der Waals surface area contributed by atoms with E-state index in [1.54, 1.807) is 11.1 Å². The summed E-state index contributed by atoms with van der Waals surface area (Å²) in [7, 11) is 2.03. The first-order valence-electron chi connectivity index (χ1n) is 7.72. The summed E-state index contributed by atoms with van der Waals surface area (Å²) in [6, 6.07) is 13.5. The Morgan fingerprint density at radius 2 is 1.95 bits per heavy atom. The van der Waals surface area contributed by atoms with Crippen LogP contribution >= 0.6 is 11.6 Å². The number of halogens is 1. The molecule has 110 valence electrons. The molecule has 0 spiro atoms. The topological polar surface area (TPSA) is 12.0 Å². The van der Waals surface area contributed by atoms with Crippen LogP contribution in [0, 0.1) is 6.92 Å². The second kappa shape index (κ2) is 6.21. The number of likely N-dealkylation sites (N-methyl/N-ethyl adjacent to an activating group) is 1. The maximum absolute atomic E-state index is 6.27. The van der Waals surface area contributed by atoms with Gasteiger partial charge in [0.05, 0.1) is 0 Å². The van der Waals surface area contributed by atoms with E-state index in [1.165, 1.54) is 36.0 Å². The molecule has 0 fully saturated rings. The van der Waals surface area contributed by atoms with E-state index in [2.05, 4.69) is 36.5 Å². The van der Waals surface area contributed by atoms with Crippen LogP contribution in [-0.4, -0.2) is 7.05 Å². The lowest BCUT2D eigenvalue weighted by Crippen LogP contribution is -2.20. The second-order valence-corrected chi connectivity index (χ2v) is 6.36. The number of hydrogen-bond acceptors (Lipinski definition) is 1. The summed E-state index contributed by atoms with van der Waals surface area (Å²) in [5.74, 6) is 0. The molecule has 0 heterocycles.